The van der Waals surface area contributed by atoms with Gasteiger partial charge < -0.3 is 4.74 Å². The molecule has 1 aliphatic rings. The quantitative estimate of drug-likeness (QED) is 0.278. The number of imide groups is 1. The van der Waals surface area contributed by atoms with Crippen LogP contribution in [0.25, 0.3) is 6.08 Å². The molecule has 0 spiro atoms. The van der Waals surface area contributed by atoms with E-state index in [1.165, 1.54) is 17.0 Å². The standard InChI is InChI=1S/C21H19BrN2O5S/c1-3-13(2)23-20(25)19(30-21(23)26)11-15-10-16(22)7-8-18(15)29-12-14-5-4-6-17(9-14)24(27)28/h4-11,13H,3,12H2,1-2H3/b19-11+/t13-/m0/s1. The van der Waals surface area contributed by atoms with Gasteiger partial charge in [0.05, 0.1) is 9.83 Å². The van der Waals surface area contributed by atoms with E-state index in [9.17, 15) is 19.7 Å². The molecule has 1 atom stereocenters. The minimum atomic E-state index is -0.456. The van der Waals surface area contributed by atoms with Crippen LogP contribution in [0.3, 0.4) is 0 Å². The summed E-state index contributed by atoms with van der Waals surface area (Å²) in [6.07, 6.45) is 2.32. The average Bonchev–Trinajstić information content (AvgIpc) is 3.00. The van der Waals surface area contributed by atoms with E-state index in [-0.39, 0.29) is 29.5 Å². The molecule has 1 fully saturated rings. The first-order chi connectivity index (χ1) is 14.3. The molecule has 0 unspecified atom stereocenters. The van der Waals surface area contributed by atoms with E-state index in [0.29, 0.717) is 28.2 Å². The summed E-state index contributed by atoms with van der Waals surface area (Å²) in [5, 5.41) is 10.7. The Morgan fingerprint density at radius 1 is 1.27 bits per heavy atom. The van der Waals surface area contributed by atoms with Gasteiger partial charge in [-0.2, -0.15) is 0 Å². The number of carbonyl (C=O) groups is 2. The SMILES string of the molecule is CC[C@H](C)N1C(=O)S/C(=C/c2cc(Br)ccc2OCc2cccc([N+](=O)[O-])c2)C1=O. The van der Waals surface area contributed by atoms with Gasteiger partial charge in [0.15, 0.2) is 0 Å². The Kier molecular flexibility index (Phi) is 6.94. The summed E-state index contributed by atoms with van der Waals surface area (Å²) in [6.45, 7) is 3.89. The molecule has 7 nitrogen and oxygen atoms in total. The van der Waals surface area contributed by atoms with Crippen molar-refractivity contribution in [2.24, 2.45) is 0 Å². The van der Waals surface area contributed by atoms with Crippen LogP contribution >= 0.6 is 27.7 Å². The molecular weight excluding hydrogens is 472 g/mol. The highest BCUT2D eigenvalue weighted by atomic mass is 79.9. The molecule has 0 N–H and O–H groups in total. The van der Waals surface area contributed by atoms with E-state index in [1.54, 1.807) is 36.4 Å². The molecule has 30 heavy (non-hydrogen) atoms. The van der Waals surface area contributed by atoms with Crippen molar-refractivity contribution in [3.05, 3.63) is 73.1 Å². The zero-order valence-corrected chi connectivity index (χ0v) is 18.7. The number of amides is 2. The van der Waals surface area contributed by atoms with E-state index >= 15 is 0 Å². The van der Waals surface area contributed by atoms with Gasteiger partial charge in [-0.1, -0.05) is 35.0 Å². The molecule has 2 amide bonds. The first-order valence-corrected chi connectivity index (χ1v) is 10.8. The summed E-state index contributed by atoms with van der Waals surface area (Å²) in [5.74, 6) is 0.184. The number of hydrogen-bond acceptors (Lipinski definition) is 6. The topological polar surface area (TPSA) is 89.8 Å². The number of nitro groups is 1. The number of ether oxygens (including phenoxy) is 1. The molecule has 0 aliphatic carbocycles. The minimum Gasteiger partial charge on any atom is -0.488 e. The van der Waals surface area contributed by atoms with Gasteiger partial charge in [-0.3, -0.25) is 24.6 Å². The third-order valence-electron chi connectivity index (χ3n) is 4.63. The summed E-state index contributed by atoms with van der Waals surface area (Å²) in [6, 6.07) is 11.4. The number of benzene rings is 2. The molecule has 0 aromatic heterocycles. The largest absolute Gasteiger partial charge is 0.488 e. The van der Waals surface area contributed by atoms with Crippen molar-refractivity contribution in [2.45, 2.75) is 32.9 Å². The highest BCUT2D eigenvalue weighted by Gasteiger charge is 2.37. The predicted molar refractivity (Wildman–Crippen MR) is 119 cm³/mol. The van der Waals surface area contributed by atoms with E-state index in [1.807, 2.05) is 13.8 Å². The number of nitro benzene ring substituents is 1. The fourth-order valence-electron chi connectivity index (χ4n) is 2.87. The second-order valence-electron chi connectivity index (χ2n) is 6.71. The zero-order valence-electron chi connectivity index (χ0n) is 16.3. The molecule has 1 heterocycles. The highest BCUT2D eigenvalue weighted by molar-refractivity contribution is 9.10. The molecule has 0 bridgehead atoms. The second kappa shape index (κ2) is 9.44. The molecule has 2 aromatic rings. The van der Waals surface area contributed by atoms with Gasteiger partial charge in [0, 0.05) is 28.2 Å². The van der Waals surface area contributed by atoms with E-state index in [2.05, 4.69) is 15.9 Å². The Hall–Kier alpha value is -2.65. The Bertz CT molecular complexity index is 1040. The monoisotopic (exact) mass is 490 g/mol. The molecular formula is C21H19BrN2O5S. The Labute approximate surface area is 186 Å². The molecule has 0 radical (unpaired) electrons. The number of nitrogens with zero attached hydrogens (tertiary/aromatic N) is 2. The van der Waals surface area contributed by atoms with Gasteiger partial charge in [0.1, 0.15) is 12.4 Å². The maximum Gasteiger partial charge on any atom is 0.293 e. The van der Waals surface area contributed by atoms with Crippen molar-refractivity contribution >= 4 is 50.6 Å². The molecule has 9 heteroatoms. The van der Waals surface area contributed by atoms with Crippen LogP contribution in [-0.4, -0.2) is 27.0 Å². The molecule has 2 aromatic carbocycles. The molecule has 0 saturated carbocycles. The molecule has 156 valence electrons. The third kappa shape index (κ3) is 4.91. The summed E-state index contributed by atoms with van der Waals surface area (Å²) < 4.78 is 6.66. The summed E-state index contributed by atoms with van der Waals surface area (Å²) in [4.78, 5) is 37.1. The number of carbonyl (C=O) groups excluding carboxylic acids is 2. The van der Waals surface area contributed by atoms with Crippen LogP contribution in [0, 0.1) is 10.1 Å². The normalized spacial score (nSPS) is 16.2. The summed E-state index contributed by atoms with van der Waals surface area (Å²) >= 11 is 4.32. The lowest BCUT2D eigenvalue weighted by Crippen LogP contribution is -2.36. The lowest BCUT2D eigenvalue weighted by Gasteiger charge is -2.19. The number of rotatable bonds is 7. The van der Waals surface area contributed by atoms with Crippen LogP contribution < -0.4 is 4.74 Å². The van der Waals surface area contributed by atoms with Crippen LogP contribution in [0.1, 0.15) is 31.4 Å². The minimum absolute atomic E-state index is 0.00847. The van der Waals surface area contributed by atoms with Crippen molar-refractivity contribution in [3.8, 4) is 5.75 Å². The van der Waals surface area contributed by atoms with Crippen LogP contribution in [0.2, 0.25) is 0 Å². The van der Waals surface area contributed by atoms with Gasteiger partial charge in [0.2, 0.25) is 0 Å². The maximum atomic E-state index is 12.7. The van der Waals surface area contributed by atoms with Gasteiger partial charge in [-0.15, -0.1) is 0 Å². The van der Waals surface area contributed by atoms with E-state index in [4.69, 9.17) is 4.74 Å². The van der Waals surface area contributed by atoms with Gasteiger partial charge >= 0.3 is 0 Å². The van der Waals surface area contributed by atoms with Crippen molar-refractivity contribution in [3.63, 3.8) is 0 Å². The van der Waals surface area contributed by atoms with Crippen molar-refractivity contribution in [1.29, 1.82) is 0 Å². The number of hydrogen-bond donors (Lipinski definition) is 0. The third-order valence-corrected chi connectivity index (χ3v) is 6.01. The second-order valence-corrected chi connectivity index (χ2v) is 8.62. The van der Waals surface area contributed by atoms with Crippen molar-refractivity contribution < 1.29 is 19.2 Å². The smallest absolute Gasteiger partial charge is 0.293 e. The van der Waals surface area contributed by atoms with Gasteiger partial charge in [-0.05, 0) is 54.9 Å². The summed E-state index contributed by atoms with van der Waals surface area (Å²) in [7, 11) is 0. The lowest BCUT2D eigenvalue weighted by atomic mass is 10.1. The fraction of sp³-hybridized carbons (Fsp3) is 0.238. The zero-order chi connectivity index (χ0) is 21.8. The molecule has 1 saturated heterocycles. The Balaban J connectivity index is 1.85. The fourth-order valence-corrected chi connectivity index (χ4v) is 4.17. The predicted octanol–water partition coefficient (Wildman–Crippen LogP) is 5.77. The summed E-state index contributed by atoms with van der Waals surface area (Å²) in [5.41, 5.74) is 1.27. The van der Waals surface area contributed by atoms with Crippen LogP contribution in [0.4, 0.5) is 10.5 Å². The number of thioether (sulfide) groups is 1. The van der Waals surface area contributed by atoms with Crippen LogP contribution in [-0.2, 0) is 11.4 Å². The molecule has 1 aliphatic heterocycles. The average molecular weight is 491 g/mol. The van der Waals surface area contributed by atoms with Gasteiger partial charge in [-0.25, -0.2) is 0 Å². The maximum absolute atomic E-state index is 12.7. The van der Waals surface area contributed by atoms with Crippen LogP contribution in [0.15, 0.2) is 51.8 Å². The highest BCUT2D eigenvalue weighted by Crippen LogP contribution is 2.36. The van der Waals surface area contributed by atoms with E-state index in [0.717, 1.165) is 16.2 Å². The van der Waals surface area contributed by atoms with Gasteiger partial charge in [0.25, 0.3) is 16.8 Å². The van der Waals surface area contributed by atoms with E-state index < -0.39 is 4.92 Å². The van der Waals surface area contributed by atoms with Crippen molar-refractivity contribution in [1.82, 2.24) is 4.90 Å². The molecule has 3 rings (SSSR count). The first-order valence-electron chi connectivity index (χ1n) is 9.23. The number of non-ortho nitro benzene ring substituents is 1. The first kappa shape index (κ1) is 22.0. The Morgan fingerprint density at radius 3 is 2.73 bits per heavy atom. The van der Waals surface area contributed by atoms with Crippen LogP contribution in [0.5, 0.6) is 5.75 Å². The lowest BCUT2D eigenvalue weighted by molar-refractivity contribution is -0.384. The number of halogens is 1. The van der Waals surface area contributed by atoms with Crippen molar-refractivity contribution in [2.75, 3.05) is 0 Å². The Morgan fingerprint density at radius 2 is 2.03 bits per heavy atom.